The van der Waals surface area contributed by atoms with E-state index in [2.05, 4.69) is 5.32 Å². The number of amides is 1. The molecule has 2 aromatic rings. The first-order valence-electron chi connectivity index (χ1n) is 7.28. The fourth-order valence-electron chi connectivity index (χ4n) is 2.73. The quantitative estimate of drug-likeness (QED) is 0.508. The lowest BCUT2D eigenvalue weighted by molar-refractivity contribution is -0.384. The lowest BCUT2D eigenvalue weighted by atomic mass is 9.83. The highest BCUT2D eigenvalue weighted by molar-refractivity contribution is 6.06. The van der Waals surface area contributed by atoms with E-state index in [9.17, 15) is 24.8 Å². The summed E-state index contributed by atoms with van der Waals surface area (Å²) in [6.07, 6.45) is -0.556. The van der Waals surface area contributed by atoms with Crippen LogP contribution in [-0.2, 0) is 11.2 Å². The molecule has 2 N–H and O–H groups in total. The summed E-state index contributed by atoms with van der Waals surface area (Å²) < 4.78 is 0. The van der Waals surface area contributed by atoms with Gasteiger partial charge in [-0.25, -0.2) is 0 Å². The zero-order valence-corrected chi connectivity index (χ0v) is 12.6. The number of aliphatic hydroxyl groups is 1. The number of rotatable bonds is 4. The number of Topliss-reactive ketones (excluding diaryl/α,β-unsaturated/α-hetero) is 1. The Kier molecular flexibility index (Phi) is 3.86. The van der Waals surface area contributed by atoms with Crippen molar-refractivity contribution >= 4 is 23.1 Å². The molecule has 1 atom stereocenters. The molecule has 24 heavy (non-hydrogen) atoms. The van der Waals surface area contributed by atoms with Crippen LogP contribution in [0.15, 0.2) is 48.5 Å². The van der Waals surface area contributed by atoms with Gasteiger partial charge in [0.15, 0.2) is 11.4 Å². The maximum absolute atomic E-state index is 12.3. The number of anilines is 1. The van der Waals surface area contributed by atoms with Crippen molar-refractivity contribution < 1.29 is 19.6 Å². The number of nitro groups is 1. The minimum atomic E-state index is -1.94. The standard InChI is InChI=1S/C17H14N2O5/c20-15(11-4-2-1-3-5-11)10-17(22)9-12-8-13(19(23)24)6-7-14(12)18-16(17)21/h1-8,22H,9-10H2,(H,18,21). The first-order valence-corrected chi connectivity index (χ1v) is 7.28. The van der Waals surface area contributed by atoms with Crippen LogP contribution in [0.5, 0.6) is 0 Å². The molecule has 1 aliphatic rings. The van der Waals surface area contributed by atoms with Gasteiger partial charge in [0.1, 0.15) is 0 Å². The highest BCUT2D eigenvalue weighted by Crippen LogP contribution is 2.33. The van der Waals surface area contributed by atoms with Gasteiger partial charge < -0.3 is 10.4 Å². The zero-order valence-electron chi connectivity index (χ0n) is 12.6. The van der Waals surface area contributed by atoms with Gasteiger partial charge in [0.25, 0.3) is 11.6 Å². The number of fused-ring (bicyclic) bond motifs is 1. The van der Waals surface area contributed by atoms with Crippen molar-refractivity contribution in [3.8, 4) is 0 Å². The second-order valence-corrected chi connectivity index (χ2v) is 5.73. The Balaban J connectivity index is 1.88. The Labute approximate surface area is 137 Å². The number of nitro benzene ring substituents is 1. The highest BCUT2D eigenvalue weighted by Gasteiger charge is 2.42. The Morgan fingerprint density at radius 1 is 1.25 bits per heavy atom. The summed E-state index contributed by atoms with van der Waals surface area (Å²) in [5, 5.41) is 24.0. The van der Waals surface area contributed by atoms with Gasteiger partial charge in [-0.05, 0) is 11.6 Å². The maximum atomic E-state index is 12.3. The van der Waals surface area contributed by atoms with E-state index >= 15 is 0 Å². The monoisotopic (exact) mass is 326 g/mol. The third-order valence-electron chi connectivity index (χ3n) is 4.00. The number of hydrogen-bond acceptors (Lipinski definition) is 5. The SMILES string of the molecule is O=C(CC1(O)Cc2cc([N+](=O)[O-])ccc2NC1=O)c1ccccc1. The van der Waals surface area contributed by atoms with Gasteiger partial charge in [-0.2, -0.15) is 0 Å². The second-order valence-electron chi connectivity index (χ2n) is 5.73. The van der Waals surface area contributed by atoms with Crippen LogP contribution in [0.1, 0.15) is 22.3 Å². The zero-order chi connectivity index (χ0) is 17.3. The molecular weight excluding hydrogens is 312 g/mol. The van der Waals surface area contributed by atoms with Gasteiger partial charge in [0.2, 0.25) is 0 Å². The molecule has 1 aliphatic heterocycles. The van der Waals surface area contributed by atoms with Gasteiger partial charge in [-0.15, -0.1) is 0 Å². The topological polar surface area (TPSA) is 110 Å². The molecule has 7 nitrogen and oxygen atoms in total. The molecule has 1 unspecified atom stereocenters. The fourth-order valence-corrected chi connectivity index (χ4v) is 2.73. The molecule has 0 saturated heterocycles. The molecule has 0 spiro atoms. The molecule has 1 amide bonds. The van der Waals surface area contributed by atoms with Crippen molar-refractivity contribution in [1.29, 1.82) is 0 Å². The maximum Gasteiger partial charge on any atom is 0.269 e. The van der Waals surface area contributed by atoms with Crippen molar-refractivity contribution in [2.45, 2.75) is 18.4 Å². The number of nitrogens with zero attached hydrogens (tertiary/aromatic N) is 1. The molecule has 122 valence electrons. The molecule has 0 saturated carbocycles. The molecule has 2 aromatic carbocycles. The van der Waals surface area contributed by atoms with Crippen molar-refractivity contribution in [1.82, 2.24) is 0 Å². The third-order valence-corrected chi connectivity index (χ3v) is 4.00. The van der Waals surface area contributed by atoms with Gasteiger partial charge in [0, 0.05) is 36.2 Å². The van der Waals surface area contributed by atoms with Crippen LogP contribution in [0.4, 0.5) is 11.4 Å². The molecular formula is C17H14N2O5. The number of carbonyl (C=O) groups excluding carboxylic acids is 2. The van der Waals surface area contributed by atoms with E-state index in [1.165, 1.54) is 18.2 Å². The predicted octanol–water partition coefficient (Wildman–Crippen LogP) is 2.09. The molecule has 3 rings (SSSR count). The number of ketones is 1. The molecule has 0 bridgehead atoms. The normalized spacial score (nSPS) is 19.3. The largest absolute Gasteiger partial charge is 0.379 e. The van der Waals surface area contributed by atoms with E-state index in [1.807, 2.05) is 0 Å². The van der Waals surface area contributed by atoms with E-state index < -0.39 is 22.9 Å². The molecule has 1 heterocycles. The number of non-ortho nitro benzene ring substituents is 1. The average molecular weight is 326 g/mol. The summed E-state index contributed by atoms with van der Waals surface area (Å²) >= 11 is 0. The average Bonchev–Trinajstić information content (AvgIpc) is 2.56. The Hall–Kier alpha value is -3.06. The Bertz CT molecular complexity index is 834. The van der Waals surface area contributed by atoms with Crippen LogP contribution in [0, 0.1) is 10.1 Å². The van der Waals surface area contributed by atoms with Crippen LogP contribution in [0.25, 0.3) is 0 Å². The van der Waals surface area contributed by atoms with Crippen molar-refractivity contribution in [3.05, 3.63) is 69.8 Å². The summed E-state index contributed by atoms with van der Waals surface area (Å²) in [6, 6.07) is 12.3. The third kappa shape index (κ3) is 2.89. The summed E-state index contributed by atoms with van der Waals surface area (Å²) in [6.45, 7) is 0. The summed E-state index contributed by atoms with van der Waals surface area (Å²) in [5.41, 5.74) is -0.852. The molecule has 0 fully saturated rings. The van der Waals surface area contributed by atoms with Crippen LogP contribution >= 0.6 is 0 Å². The van der Waals surface area contributed by atoms with Gasteiger partial charge >= 0.3 is 0 Å². The van der Waals surface area contributed by atoms with E-state index in [0.29, 0.717) is 16.8 Å². The van der Waals surface area contributed by atoms with E-state index in [0.717, 1.165) is 0 Å². The minimum Gasteiger partial charge on any atom is -0.379 e. The van der Waals surface area contributed by atoms with Crippen LogP contribution in [0.2, 0.25) is 0 Å². The predicted molar refractivity (Wildman–Crippen MR) is 85.8 cm³/mol. The molecule has 0 aromatic heterocycles. The Morgan fingerprint density at radius 2 is 1.96 bits per heavy atom. The summed E-state index contributed by atoms with van der Waals surface area (Å²) in [5.74, 6) is -1.06. The van der Waals surface area contributed by atoms with Gasteiger partial charge in [0.05, 0.1) is 4.92 Å². The van der Waals surface area contributed by atoms with Gasteiger partial charge in [-0.3, -0.25) is 19.7 Å². The Morgan fingerprint density at radius 3 is 2.62 bits per heavy atom. The number of hydrogen-bond donors (Lipinski definition) is 2. The molecule has 0 aliphatic carbocycles. The molecule has 0 radical (unpaired) electrons. The minimum absolute atomic E-state index is 0.137. The lowest BCUT2D eigenvalue weighted by Gasteiger charge is -2.31. The second kappa shape index (κ2) is 5.86. The van der Waals surface area contributed by atoms with Crippen molar-refractivity contribution in [3.63, 3.8) is 0 Å². The molecule has 7 heteroatoms. The van der Waals surface area contributed by atoms with Crippen molar-refractivity contribution in [2.75, 3.05) is 5.32 Å². The van der Waals surface area contributed by atoms with Crippen LogP contribution in [0.3, 0.4) is 0 Å². The lowest BCUT2D eigenvalue weighted by Crippen LogP contribution is -2.49. The summed E-state index contributed by atoms with van der Waals surface area (Å²) in [4.78, 5) is 34.8. The van der Waals surface area contributed by atoms with E-state index in [-0.39, 0.29) is 17.9 Å². The first-order chi connectivity index (χ1) is 11.4. The fraction of sp³-hybridized carbons (Fsp3) is 0.176. The van der Waals surface area contributed by atoms with E-state index in [1.54, 1.807) is 30.3 Å². The number of benzene rings is 2. The van der Waals surface area contributed by atoms with Gasteiger partial charge in [-0.1, -0.05) is 30.3 Å². The number of nitrogens with one attached hydrogen (secondary N) is 1. The van der Waals surface area contributed by atoms with Crippen molar-refractivity contribution in [2.24, 2.45) is 0 Å². The first kappa shape index (κ1) is 15.8. The smallest absolute Gasteiger partial charge is 0.269 e. The van der Waals surface area contributed by atoms with Crippen LogP contribution < -0.4 is 5.32 Å². The van der Waals surface area contributed by atoms with Crippen LogP contribution in [-0.4, -0.2) is 27.3 Å². The van der Waals surface area contributed by atoms with E-state index in [4.69, 9.17) is 0 Å². The number of carbonyl (C=O) groups is 2. The highest BCUT2D eigenvalue weighted by atomic mass is 16.6. The summed E-state index contributed by atoms with van der Waals surface area (Å²) in [7, 11) is 0.